The molecule has 0 radical (unpaired) electrons. The lowest BCUT2D eigenvalue weighted by atomic mass is 10.5. The Morgan fingerprint density at radius 2 is 1.56 bits per heavy atom. The lowest BCUT2D eigenvalue weighted by Gasteiger charge is -2.41. The molecule has 2 nitrogen and oxygen atoms in total. The van der Waals surface area contributed by atoms with Crippen molar-refractivity contribution in [3.05, 3.63) is 12.3 Å². The van der Waals surface area contributed by atoms with E-state index in [1.165, 1.54) is 5.03 Å². The van der Waals surface area contributed by atoms with E-state index >= 15 is 0 Å². The third kappa shape index (κ3) is 2.54. The van der Waals surface area contributed by atoms with Gasteiger partial charge in [0.2, 0.25) is 0 Å². The van der Waals surface area contributed by atoms with Crippen molar-refractivity contribution in [3.8, 4) is 0 Å². The van der Waals surface area contributed by atoms with Crippen molar-refractivity contribution in [2.75, 3.05) is 0 Å². The molecule has 0 bridgehead atoms. The highest BCUT2D eigenvalue weighted by atomic mass is 32.4. The number of hydrogen-bond donors (Lipinski definition) is 1. The molecule has 0 aliphatic rings. The Morgan fingerprint density at radius 3 is 1.88 bits per heavy atom. The standard InChI is InChI=1S/C12H24N2SSi/c1-9(2)16(10(3)4,11(5)6)15-12-7-8-13-14-12/h7-11H,1-6H3,(H,13,14). The molecular weight excluding hydrogens is 232 g/mol. The van der Waals surface area contributed by atoms with Crippen molar-refractivity contribution >= 4 is 18.4 Å². The van der Waals surface area contributed by atoms with Gasteiger partial charge in [-0.15, -0.1) is 11.2 Å². The molecule has 16 heavy (non-hydrogen) atoms. The minimum absolute atomic E-state index is 0.779. The second-order valence-electron chi connectivity index (χ2n) is 5.34. The molecule has 0 unspecified atom stereocenters. The highest BCUT2D eigenvalue weighted by Gasteiger charge is 2.44. The van der Waals surface area contributed by atoms with Crippen molar-refractivity contribution in [2.45, 2.75) is 63.2 Å². The van der Waals surface area contributed by atoms with E-state index in [0.717, 1.165) is 16.6 Å². The third-order valence-corrected chi connectivity index (χ3v) is 15.6. The summed E-state index contributed by atoms with van der Waals surface area (Å²) in [5, 5.41) is 8.40. The first-order chi connectivity index (χ1) is 7.41. The Labute approximate surface area is 104 Å². The molecule has 0 aromatic carbocycles. The lowest BCUT2D eigenvalue weighted by molar-refractivity contribution is 0.850. The summed E-state index contributed by atoms with van der Waals surface area (Å²) in [5.41, 5.74) is 2.34. The Balaban J connectivity index is 3.02. The van der Waals surface area contributed by atoms with Gasteiger partial charge in [0.1, 0.15) is 7.22 Å². The fraction of sp³-hybridized carbons (Fsp3) is 0.750. The van der Waals surface area contributed by atoms with E-state index in [2.05, 4.69) is 69.0 Å². The number of hydrogen-bond acceptors (Lipinski definition) is 2. The molecule has 1 N–H and O–H groups in total. The van der Waals surface area contributed by atoms with Gasteiger partial charge in [0.15, 0.2) is 0 Å². The van der Waals surface area contributed by atoms with E-state index in [0.29, 0.717) is 0 Å². The summed E-state index contributed by atoms with van der Waals surface area (Å²) in [6.07, 6.45) is 1.85. The molecule has 0 saturated heterocycles. The molecule has 1 aromatic rings. The van der Waals surface area contributed by atoms with Crippen LogP contribution in [0.1, 0.15) is 41.5 Å². The molecule has 0 saturated carbocycles. The average molecular weight is 256 g/mol. The Morgan fingerprint density at radius 1 is 1.06 bits per heavy atom. The number of nitrogens with zero attached hydrogens (tertiary/aromatic N) is 1. The van der Waals surface area contributed by atoms with Gasteiger partial charge < -0.3 is 0 Å². The minimum Gasteiger partial charge on any atom is -0.273 e. The molecule has 1 rings (SSSR count). The van der Waals surface area contributed by atoms with Crippen LogP contribution in [0.25, 0.3) is 0 Å². The zero-order valence-electron chi connectivity index (χ0n) is 11.2. The van der Waals surface area contributed by atoms with Gasteiger partial charge in [-0.3, -0.25) is 5.10 Å². The van der Waals surface area contributed by atoms with Gasteiger partial charge in [-0.05, 0) is 22.7 Å². The number of nitrogens with one attached hydrogen (secondary N) is 1. The van der Waals surface area contributed by atoms with Gasteiger partial charge in [-0.25, -0.2) is 0 Å². The van der Waals surface area contributed by atoms with Crippen LogP contribution in [0.4, 0.5) is 0 Å². The molecule has 0 aliphatic heterocycles. The van der Waals surface area contributed by atoms with E-state index in [-0.39, 0.29) is 0 Å². The molecule has 92 valence electrons. The number of rotatable bonds is 5. The number of aromatic nitrogens is 2. The van der Waals surface area contributed by atoms with Crippen molar-refractivity contribution in [3.63, 3.8) is 0 Å². The van der Waals surface area contributed by atoms with Crippen LogP contribution in [0.3, 0.4) is 0 Å². The molecule has 1 aromatic heterocycles. The van der Waals surface area contributed by atoms with Gasteiger partial charge >= 0.3 is 0 Å². The van der Waals surface area contributed by atoms with Crippen molar-refractivity contribution in [2.24, 2.45) is 0 Å². The fourth-order valence-electron chi connectivity index (χ4n) is 2.84. The Bertz CT molecular complexity index is 285. The van der Waals surface area contributed by atoms with Gasteiger partial charge in [-0.2, -0.15) is 5.10 Å². The smallest absolute Gasteiger partial charge is 0.133 e. The summed E-state index contributed by atoms with van der Waals surface area (Å²) in [6, 6.07) is 2.10. The highest BCUT2D eigenvalue weighted by molar-refractivity contribution is 8.29. The van der Waals surface area contributed by atoms with Gasteiger partial charge in [0.05, 0.1) is 5.03 Å². The first-order valence-electron chi connectivity index (χ1n) is 6.09. The quantitative estimate of drug-likeness (QED) is 0.775. The maximum absolute atomic E-state index is 4.06. The van der Waals surface area contributed by atoms with Crippen molar-refractivity contribution in [1.29, 1.82) is 0 Å². The van der Waals surface area contributed by atoms with Crippen LogP contribution in [0.15, 0.2) is 17.3 Å². The van der Waals surface area contributed by atoms with Gasteiger partial charge in [0.25, 0.3) is 0 Å². The average Bonchev–Trinajstić information content (AvgIpc) is 2.64. The second-order valence-corrected chi connectivity index (χ2v) is 13.9. The normalized spacial score (nSPS) is 13.1. The predicted octanol–water partition coefficient (Wildman–Crippen LogP) is 4.68. The van der Waals surface area contributed by atoms with E-state index < -0.39 is 7.22 Å². The van der Waals surface area contributed by atoms with E-state index in [1.54, 1.807) is 0 Å². The Hall–Kier alpha value is -0.223. The Kier molecular flexibility index (Phi) is 4.68. The SMILES string of the molecule is CC(C)[Si](Sc1ccn[nH]1)(C(C)C)C(C)C. The largest absolute Gasteiger partial charge is 0.273 e. The topological polar surface area (TPSA) is 28.7 Å². The van der Waals surface area contributed by atoms with Crippen LogP contribution in [-0.2, 0) is 0 Å². The van der Waals surface area contributed by atoms with Crippen molar-refractivity contribution in [1.82, 2.24) is 10.2 Å². The highest BCUT2D eigenvalue weighted by Crippen LogP contribution is 2.51. The summed E-state index contributed by atoms with van der Waals surface area (Å²) < 4.78 is 0. The zero-order chi connectivity index (χ0) is 12.3. The van der Waals surface area contributed by atoms with Crippen LogP contribution in [0, 0.1) is 0 Å². The van der Waals surface area contributed by atoms with Crippen LogP contribution in [0.2, 0.25) is 16.6 Å². The molecule has 1 heterocycles. The third-order valence-electron chi connectivity index (χ3n) is 3.47. The second kappa shape index (κ2) is 5.41. The molecule has 0 amide bonds. The maximum atomic E-state index is 4.06. The van der Waals surface area contributed by atoms with E-state index in [1.807, 2.05) is 6.20 Å². The summed E-state index contributed by atoms with van der Waals surface area (Å²) in [5.74, 6) is 0. The lowest BCUT2D eigenvalue weighted by Crippen LogP contribution is -2.41. The fourth-order valence-corrected chi connectivity index (χ4v) is 11.8. The first kappa shape index (κ1) is 13.8. The van der Waals surface area contributed by atoms with Gasteiger partial charge in [0, 0.05) is 6.20 Å². The molecule has 0 aliphatic carbocycles. The minimum atomic E-state index is -1.39. The monoisotopic (exact) mass is 256 g/mol. The van der Waals surface area contributed by atoms with E-state index in [9.17, 15) is 0 Å². The summed E-state index contributed by atoms with van der Waals surface area (Å²) in [7, 11) is -1.39. The van der Waals surface area contributed by atoms with Crippen LogP contribution in [0.5, 0.6) is 0 Å². The molecular formula is C12H24N2SSi. The first-order valence-corrected chi connectivity index (χ1v) is 9.87. The van der Waals surface area contributed by atoms with Crippen LogP contribution >= 0.6 is 11.2 Å². The molecule has 0 atom stereocenters. The van der Waals surface area contributed by atoms with Crippen LogP contribution in [-0.4, -0.2) is 17.4 Å². The maximum Gasteiger partial charge on any atom is 0.133 e. The summed E-state index contributed by atoms with van der Waals surface area (Å²) in [6.45, 7) is 14.3. The summed E-state index contributed by atoms with van der Waals surface area (Å²) in [4.78, 5) is 0. The predicted molar refractivity (Wildman–Crippen MR) is 75.5 cm³/mol. The van der Waals surface area contributed by atoms with Crippen LogP contribution < -0.4 is 0 Å². The van der Waals surface area contributed by atoms with E-state index in [4.69, 9.17) is 0 Å². The van der Waals surface area contributed by atoms with Gasteiger partial charge in [-0.1, -0.05) is 41.5 Å². The zero-order valence-corrected chi connectivity index (χ0v) is 13.1. The molecule has 0 spiro atoms. The molecule has 4 heteroatoms. The number of aromatic amines is 1. The molecule has 0 fully saturated rings. The number of H-pyrrole nitrogens is 1. The van der Waals surface area contributed by atoms with Crippen molar-refractivity contribution < 1.29 is 0 Å². The summed E-state index contributed by atoms with van der Waals surface area (Å²) >= 11 is 2.09.